The minimum atomic E-state index is -3.47. The van der Waals surface area contributed by atoms with E-state index in [9.17, 15) is 13.2 Å². The molecule has 0 radical (unpaired) electrons. The Kier molecular flexibility index (Phi) is 7.61. The number of methoxy groups -OCH3 is 2. The summed E-state index contributed by atoms with van der Waals surface area (Å²) in [5.74, 6) is 0.724. The van der Waals surface area contributed by atoms with Crippen molar-refractivity contribution in [3.05, 3.63) is 23.8 Å². The van der Waals surface area contributed by atoms with Crippen LogP contribution in [0.4, 0.5) is 0 Å². The maximum absolute atomic E-state index is 12.2. The van der Waals surface area contributed by atoms with Crippen molar-refractivity contribution in [2.45, 2.75) is 38.1 Å². The number of ether oxygens (including phenoxy) is 2. The van der Waals surface area contributed by atoms with E-state index in [1.165, 1.54) is 17.6 Å². The van der Waals surface area contributed by atoms with Gasteiger partial charge in [-0.2, -0.15) is 9.41 Å². The van der Waals surface area contributed by atoms with Gasteiger partial charge < -0.3 is 9.47 Å². The summed E-state index contributed by atoms with van der Waals surface area (Å²) in [6.07, 6.45) is 7.20. The first-order valence-corrected chi connectivity index (χ1v) is 10.7. The van der Waals surface area contributed by atoms with E-state index in [4.69, 9.17) is 9.47 Å². The fourth-order valence-electron chi connectivity index (χ4n) is 3.18. The topological polar surface area (TPSA) is 97.3 Å². The predicted molar refractivity (Wildman–Crippen MR) is 104 cm³/mol. The molecular weight excluding hydrogens is 370 g/mol. The zero-order chi connectivity index (χ0) is 19.9. The molecule has 0 saturated heterocycles. The van der Waals surface area contributed by atoms with Crippen molar-refractivity contribution in [2.24, 2.45) is 5.10 Å². The Morgan fingerprint density at radius 3 is 2.56 bits per heavy atom. The molecule has 1 saturated carbocycles. The molecule has 27 heavy (non-hydrogen) atoms. The van der Waals surface area contributed by atoms with Crippen LogP contribution >= 0.6 is 0 Å². The van der Waals surface area contributed by atoms with Gasteiger partial charge in [-0.05, 0) is 31.0 Å². The number of nitrogens with zero attached hydrogens (tertiary/aromatic N) is 2. The van der Waals surface area contributed by atoms with Crippen LogP contribution in [0, 0.1) is 0 Å². The number of carbonyl (C=O) groups is 1. The molecule has 1 N–H and O–H groups in total. The van der Waals surface area contributed by atoms with Crippen LogP contribution in [0.5, 0.6) is 11.5 Å². The summed E-state index contributed by atoms with van der Waals surface area (Å²) in [4.78, 5) is 12.2. The van der Waals surface area contributed by atoms with Crippen LogP contribution in [0.15, 0.2) is 23.3 Å². The Hall–Kier alpha value is -2.13. The largest absolute Gasteiger partial charge is 0.497 e. The molecule has 1 aliphatic carbocycles. The van der Waals surface area contributed by atoms with Crippen molar-refractivity contribution in [3.8, 4) is 11.5 Å². The van der Waals surface area contributed by atoms with Crippen molar-refractivity contribution < 1.29 is 22.7 Å². The average Bonchev–Trinajstić information content (AvgIpc) is 2.65. The molecule has 0 bridgehead atoms. The predicted octanol–water partition coefficient (Wildman–Crippen LogP) is 1.75. The first-order chi connectivity index (χ1) is 12.8. The molecule has 0 atom stereocenters. The monoisotopic (exact) mass is 397 g/mol. The molecule has 1 fully saturated rings. The van der Waals surface area contributed by atoms with Crippen LogP contribution in [0.2, 0.25) is 0 Å². The van der Waals surface area contributed by atoms with Gasteiger partial charge in [-0.1, -0.05) is 19.3 Å². The summed E-state index contributed by atoms with van der Waals surface area (Å²) in [5, 5.41) is 3.92. The minimum absolute atomic E-state index is 0.123. The number of benzene rings is 1. The van der Waals surface area contributed by atoms with Crippen LogP contribution in [0.3, 0.4) is 0 Å². The van der Waals surface area contributed by atoms with E-state index in [-0.39, 0.29) is 12.6 Å². The van der Waals surface area contributed by atoms with Gasteiger partial charge >= 0.3 is 0 Å². The minimum Gasteiger partial charge on any atom is -0.497 e. The van der Waals surface area contributed by atoms with Gasteiger partial charge in [0.25, 0.3) is 5.91 Å². The van der Waals surface area contributed by atoms with E-state index in [1.54, 1.807) is 25.3 Å². The number of amides is 1. The molecule has 1 aliphatic rings. The second-order valence-electron chi connectivity index (χ2n) is 6.50. The number of hydrogen-bond donors (Lipinski definition) is 1. The fraction of sp³-hybridized carbons (Fsp3) is 0.556. The summed E-state index contributed by atoms with van der Waals surface area (Å²) in [6, 6.07) is 5.08. The van der Waals surface area contributed by atoms with Crippen molar-refractivity contribution in [1.82, 2.24) is 9.73 Å². The lowest BCUT2D eigenvalue weighted by atomic mass is 9.95. The number of hydrogen-bond acceptors (Lipinski definition) is 6. The molecule has 0 aliphatic heterocycles. The summed E-state index contributed by atoms with van der Waals surface area (Å²) in [6.45, 7) is -0.240. The molecule has 2 rings (SSSR count). The van der Waals surface area contributed by atoms with Gasteiger partial charge in [0.1, 0.15) is 11.5 Å². The molecule has 8 nitrogen and oxygen atoms in total. The Labute approximate surface area is 160 Å². The highest BCUT2D eigenvalue weighted by molar-refractivity contribution is 7.88. The van der Waals surface area contributed by atoms with Gasteiger partial charge in [0.05, 0.1) is 33.2 Å². The summed E-state index contributed by atoms with van der Waals surface area (Å²) in [5.41, 5.74) is 3.02. The van der Waals surface area contributed by atoms with Crippen molar-refractivity contribution in [3.63, 3.8) is 0 Å². The van der Waals surface area contributed by atoms with Gasteiger partial charge in [-0.15, -0.1) is 0 Å². The van der Waals surface area contributed by atoms with Gasteiger partial charge in [-0.3, -0.25) is 4.79 Å². The third-order valence-corrected chi connectivity index (χ3v) is 5.82. The van der Waals surface area contributed by atoms with Crippen molar-refractivity contribution in [1.29, 1.82) is 0 Å². The quantitative estimate of drug-likeness (QED) is 0.532. The summed E-state index contributed by atoms with van der Waals surface area (Å²) in [7, 11) is -0.388. The van der Waals surface area contributed by atoms with E-state index in [0.29, 0.717) is 17.1 Å². The molecule has 0 heterocycles. The second-order valence-corrected chi connectivity index (χ2v) is 8.44. The van der Waals surface area contributed by atoms with Crippen LogP contribution in [0.1, 0.15) is 37.7 Å². The SMILES string of the molecule is COc1ccc(OC)c(C=NNC(=O)CN(C2CCCCC2)S(C)(=O)=O)c1. The number of carbonyl (C=O) groups excluding carboxylic acids is 1. The normalized spacial score (nSPS) is 15.9. The van der Waals surface area contributed by atoms with Gasteiger partial charge in [0.2, 0.25) is 10.0 Å². The highest BCUT2D eigenvalue weighted by atomic mass is 32.2. The lowest BCUT2D eigenvalue weighted by Crippen LogP contribution is -2.45. The fourth-order valence-corrected chi connectivity index (χ4v) is 4.28. The summed E-state index contributed by atoms with van der Waals surface area (Å²) < 4.78 is 35.9. The van der Waals surface area contributed by atoms with Gasteiger partial charge in [0, 0.05) is 11.6 Å². The Bertz CT molecular complexity index is 773. The maximum atomic E-state index is 12.2. The maximum Gasteiger partial charge on any atom is 0.255 e. The molecule has 0 spiro atoms. The van der Waals surface area contributed by atoms with Crippen LogP contribution in [-0.2, 0) is 14.8 Å². The highest BCUT2D eigenvalue weighted by Crippen LogP contribution is 2.24. The molecule has 1 aromatic rings. The van der Waals surface area contributed by atoms with Crippen molar-refractivity contribution >= 4 is 22.1 Å². The van der Waals surface area contributed by atoms with E-state index in [1.807, 2.05) is 0 Å². The third kappa shape index (κ3) is 6.21. The Morgan fingerprint density at radius 2 is 1.96 bits per heavy atom. The zero-order valence-corrected chi connectivity index (χ0v) is 16.8. The highest BCUT2D eigenvalue weighted by Gasteiger charge is 2.29. The van der Waals surface area contributed by atoms with Gasteiger partial charge in [-0.25, -0.2) is 13.8 Å². The first kappa shape index (κ1) is 21.2. The lowest BCUT2D eigenvalue weighted by molar-refractivity contribution is -0.121. The first-order valence-electron chi connectivity index (χ1n) is 8.86. The van der Waals surface area contributed by atoms with Crippen LogP contribution in [-0.4, -0.2) is 57.9 Å². The van der Waals surface area contributed by atoms with E-state index >= 15 is 0 Å². The molecular formula is C18H27N3O5S. The number of sulfonamides is 1. The smallest absolute Gasteiger partial charge is 0.255 e. The molecule has 150 valence electrons. The van der Waals surface area contributed by atoms with Crippen LogP contribution < -0.4 is 14.9 Å². The second kappa shape index (κ2) is 9.70. The Morgan fingerprint density at radius 1 is 1.26 bits per heavy atom. The van der Waals surface area contributed by atoms with E-state index in [2.05, 4.69) is 10.5 Å². The standard InChI is InChI=1S/C18H27N3O5S/c1-25-16-9-10-17(26-2)14(11-16)12-19-20-18(22)13-21(27(3,23)24)15-7-5-4-6-8-15/h9-12,15H,4-8,13H2,1-3H3,(H,20,22). The number of hydrazone groups is 1. The van der Waals surface area contributed by atoms with E-state index in [0.717, 1.165) is 38.4 Å². The molecule has 1 aromatic carbocycles. The van der Waals surface area contributed by atoms with Crippen LogP contribution in [0.25, 0.3) is 0 Å². The molecule has 0 unspecified atom stereocenters. The molecule has 9 heteroatoms. The molecule has 1 amide bonds. The summed E-state index contributed by atoms with van der Waals surface area (Å²) >= 11 is 0. The van der Waals surface area contributed by atoms with Gasteiger partial charge in [0.15, 0.2) is 0 Å². The lowest BCUT2D eigenvalue weighted by Gasteiger charge is -2.31. The number of nitrogens with one attached hydrogen (secondary N) is 1. The van der Waals surface area contributed by atoms with Crippen molar-refractivity contribution in [2.75, 3.05) is 27.0 Å². The number of rotatable bonds is 8. The van der Waals surface area contributed by atoms with E-state index < -0.39 is 15.9 Å². The Balaban J connectivity index is 2.02. The average molecular weight is 397 g/mol. The molecule has 0 aromatic heterocycles. The third-order valence-electron chi connectivity index (χ3n) is 4.54. The zero-order valence-electron chi connectivity index (χ0n) is 16.0.